The minimum atomic E-state index is -1.54. The summed E-state index contributed by atoms with van der Waals surface area (Å²) in [4.78, 5) is 11.5. The number of nitrogens with two attached hydrogens (primary N) is 2. The Hall–Kier alpha value is -0.910. The van der Waals surface area contributed by atoms with Gasteiger partial charge >= 0.3 is 5.97 Å². The summed E-state index contributed by atoms with van der Waals surface area (Å²) < 4.78 is 0. The van der Waals surface area contributed by atoms with E-state index in [1.807, 2.05) is 0 Å². The largest absolute Gasteiger partial charge is 0.480 e. The molecule has 0 aromatic rings. The first-order chi connectivity index (χ1) is 8.99. The van der Waals surface area contributed by atoms with Gasteiger partial charge in [0.2, 0.25) is 0 Å². The number of unbranched alkanes of at least 4 members (excludes halogenated alkanes) is 1. The molecule has 2 bridgehead atoms. The van der Waals surface area contributed by atoms with E-state index in [1.54, 1.807) is 0 Å². The van der Waals surface area contributed by atoms with E-state index >= 15 is 0 Å². The summed E-state index contributed by atoms with van der Waals surface area (Å²) in [7, 11) is 0. The monoisotopic (exact) mass is 268 g/mol. The average Bonchev–Trinajstić information content (AvgIpc) is 2.99. The van der Waals surface area contributed by atoms with Crippen molar-refractivity contribution in [2.75, 3.05) is 6.54 Å². The van der Waals surface area contributed by atoms with Crippen LogP contribution in [0.3, 0.4) is 0 Å². The molecular formula is C14H24N2O3. The molecule has 1 fully saturated rings. The molecule has 2 aliphatic rings. The van der Waals surface area contributed by atoms with Crippen LogP contribution in [0.15, 0.2) is 12.2 Å². The summed E-state index contributed by atoms with van der Waals surface area (Å²) >= 11 is 0. The van der Waals surface area contributed by atoms with E-state index in [-0.39, 0.29) is 18.3 Å². The molecule has 0 aliphatic heterocycles. The SMILES string of the molecule is NCCCC[C@@](N)(C(=O)O)C(O)C1CC2C=CC1C2. The Morgan fingerprint density at radius 1 is 1.37 bits per heavy atom. The van der Waals surface area contributed by atoms with Crippen molar-refractivity contribution in [1.29, 1.82) is 0 Å². The third-order valence-electron chi connectivity index (χ3n) is 4.71. The number of hydrogen-bond donors (Lipinski definition) is 4. The summed E-state index contributed by atoms with van der Waals surface area (Å²) in [5.41, 5.74) is 9.90. The van der Waals surface area contributed by atoms with Crippen molar-refractivity contribution in [3.8, 4) is 0 Å². The van der Waals surface area contributed by atoms with E-state index < -0.39 is 17.6 Å². The van der Waals surface area contributed by atoms with E-state index in [0.29, 0.717) is 18.9 Å². The number of carboxylic acid groups (broad SMARTS) is 1. The van der Waals surface area contributed by atoms with Gasteiger partial charge in [-0.05, 0) is 56.4 Å². The second-order valence-corrected chi connectivity index (χ2v) is 5.98. The molecule has 1 saturated carbocycles. The Labute approximate surface area is 113 Å². The third kappa shape index (κ3) is 2.68. The van der Waals surface area contributed by atoms with Crippen LogP contribution in [0.5, 0.6) is 0 Å². The van der Waals surface area contributed by atoms with Gasteiger partial charge in [-0.2, -0.15) is 0 Å². The third-order valence-corrected chi connectivity index (χ3v) is 4.71. The van der Waals surface area contributed by atoms with Crippen LogP contribution in [0, 0.1) is 17.8 Å². The van der Waals surface area contributed by atoms with Crippen LogP contribution in [0.1, 0.15) is 32.1 Å². The fourth-order valence-corrected chi connectivity index (χ4v) is 3.51. The molecule has 0 aromatic carbocycles. The van der Waals surface area contributed by atoms with Crippen LogP contribution >= 0.6 is 0 Å². The number of carbonyl (C=O) groups is 1. The Bertz CT molecular complexity index is 372. The molecule has 0 aromatic heterocycles. The lowest BCUT2D eigenvalue weighted by molar-refractivity contribution is -0.150. The number of rotatable bonds is 7. The molecule has 0 heterocycles. The van der Waals surface area contributed by atoms with Crippen molar-refractivity contribution in [1.82, 2.24) is 0 Å². The van der Waals surface area contributed by atoms with Crippen LogP contribution in [0.25, 0.3) is 0 Å². The molecule has 19 heavy (non-hydrogen) atoms. The predicted octanol–water partition coefficient (Wildman–Crippen LogP) is 0.471. The van der Waals surface area contributed by atoms with Crippen LogP contribution in [0.2, 0.25) is 0 Å². The fraction of sp³-hybridized carbons (Fsp3) is 0.786. The summed E-state index contributed by atoms with van der Waals surface area (Å²) in [5, 5.41) is 19.9. The van der Waals surface area contributed by atoms with Gasteiger partial charge in [0.05, 0.1) is 6.10 Å². The van der Waals surface area contributed by atoms with Crippen molar-refractivity contribution in [3.05, 3.63) is 12.2 Å². The standard InChI is InChI=1S/C14H24N2O3/c15-6-2-1-5-14(16,13(18)19)12(17)11-8-9-3-4-10(11)7-9/h3-4,9-12,17H,1-2,5-8,15-16H2,(H,18,19)/t9?,10?,11?,12?,14-/m0/s1. The van der Waals surface area contributed by atoms with Crippen LogP contribution < -0.4 is 11.5 Å². The Morgan fingerprint density at radius 2 is 2.11 bits per heavy atom. The highest BCUT2D eigenvalue weighted by Gasteiger charge is 2.50. The highest BCUT2D eigenvalue weighted by molar-refractivity contribution is 5.79. The summed E-state index contributed by atoms with van der Waals surface area (Å²) in [6.07, 6.45) is 6.81. The summed E-state index contributed by atoms with van der Waals surface area (Å²) in [6, 6.07) is 0. The van der Waals surface area contributed by atoms with E-state index in [4.69, 9.17) is 11.5 Å². The minimum absolute atomic E-state index is 0.0195. The molecule has 0 amide bonds. The number of fused-ring (bicyclic) bond motifs is 2. The number of aliphatic carboxylic acids is 1. The number of carboxylic acids is 1. The maximum atomic E-state index is 11.5. The average molecular weight is 268 g/mol. The molecule has 0 radical (unpaired) electrons. The molecule has 2 rings (SSSR count). The molecule has 5 atom stereocenters. The van der Waals surface area contributed by atoms with Gasteiger partial charge in [0.15, 0.2) is 0 Å². The molecule has 0 saturated heterocycles. The van der Waals surface area contributed by atoms with E-state index in [9.17, 15) is 15.0 Å². The van der Waals surface area contributed by atoms with Gasteiger partial charge in [-0.25, -0.2) is 0 Å². The second-order valence-electron chi connectivity index (χ2n) is 5.98. The lowest BCUT2D eigenvalue weighted by atomic mass is 9.76. The van der Waals surface area contributed by atoms with Crippen molar-refractivity contribution in [2.45, 2.75) is 43.7 Å². The number of hydrogen-bond acceptors (Lipinski definition) is 4. The predicted molar refractivity (Wildman–Crippen MR) is 72.3 cm³/mol. The van der Waals surface area contributed by atoms with Gasteiger partial charge in [-0.3, -0.25) is 4.79 Å². The van der Waals surface area contributed by atoms with E-state index in [0.717, 1.165) is 19.3 Å². The van der Waals surface area contributed by atoms with Crippen molar-refractivity contribution >= 4 is 5.97 Å². The zero-order valence-electron chi connectivity index (χ0n) is 11.2. The first kappa shape index (κ1) is 14.5. The molecule has 5 nitrogen and oxygen atoms in total. The van der Waals surface area contributed by atoms with Gasteiger partial charge in [-0.15, -0.1) is 0 Å². The van der Waals surface area contributed by atoms with Crippen LogP contribution in [0.4, 0.5) is 0 Å². The zero-order chi connectivity index (χ0) is 14.0. The van der Waals surface area contributed by atoms with Gasteiger partial charge < -0.3 is 21.7 Å². The van der Waals surface area contributed by atoms with Gasteiger partial charge in [0.1, 0.15) is 5.54 Å². The number of aliphatic hydroxyl groups excluding tert-OH is 1. The lowest BCUT2D eigenvalue weighted by Gasteiger charge is -2.36. The Morgan fingerprint density at radius 3 is 2.58 bits per heavy atom. The fourth-order valence-electron chi connectivity index (χ4n) is 3.51. The molecule has 108 valence electrons. The van der Waals surface area contributed by atoms with Gasteiger partial charge in [0.25, 0.3) is 0 Å². The van der Waals surface area contributed by atoms with E-state index in [1.165, 1.54) is 0 Å². The number of allylic oxidation sites excluding steroid dienone is 2. The molecule has 0 spiro atoms. The Kier molecular flexibility index (Phi) is 4.28. The van der Waals surface area contributed by atoms with Crippen molar-refractivity contribution < 1.29 is 15.0 Å². The minimum Gasteiger partial charge on any atom is -0.480 e. The molecule has 2 aliphatic carbocycles. The maximum Gasteiger partial charge on any atom is 0.326 e. The summed E-state index contributed by atoms with van der Waals surface area (Å²) in [6.45, 7) is 0.517. The first-order valence-electron chi connectivity index (χ1n) is 7.07. The molecular weight excluding hydrogens is 244 g/mol. The van der Waals surface area contributed by atoms with Gasteiger partial charge in [-0.1, -0.05) is 12.2 Å². The smallest absolute Gasteiger partial charge is 0.326 e. The van der Waals surface area contributed by atoms with Gasteiger partial charge in [0, 0.05) is 0 Å². The second kappa shape index (κ2) is 5.61. The van der Waals surface area contributed by atoms with Crippen LogP contribution in [-0.2, 0) is 4.79 Å². The van der Waals surface area contributed by atoms with Crippen molar-refractivity contribution in [3.63, 3.8) is 0 Å². The highest BCUT2D eigenvalue weighted by Crippen LogP contribution is 2.46. The lowest BCUT2D eigenvalue weighted by Crippen LogP contribution is -2.60. The molecule has 4 unspecified atom stereocenters. The first-order valence-corrected chi connectivity index (χ1v) is 7.07. The topological polar surface area (TPSA) is 110 Å². The molecule has 6 N–H and O–H groups in total. The van der Waals surface area contributed by atoms with Crippen molar-refractivity contribution in [2.24, 2.45) is 29.2 Å². The number of aliphatic hydroxyl groups is 1. The maximum absolute atomic E-state index is 11.5. The van der Waals surface area contributed by atoms with Crippen LogP contribution in [-0.4, -0.2) is 34.4 Å². The normalized spacial score (nSPS) is 33.3. The highest BCUT2D eigenvalue weighted by atomic mass is 16.4. The zero-order valence-corrected chi connectivity index (χ0v) is 11.2. The Balaban J connectivity index is 2.05. The summed E-state index contributed by atoms with van der Waals surface area (Å²) in [5.74, 6) is -0.346. The van der Waals surface area contributed by atoms with E-state index in [2.05, 4.69) is 12.2 Å². The molecule has 5 heteroatoms. The quantitative estimate of drug-likeness (QED) is 0.396.